The number of para-hydroxylation sites is 2. The van der Waals surface area contributed by atoms with Crippen LogP contribution in [0.1, 0.15) is 43.5 Å². The lowest BCUT2D eigenvalue weighted by Gasteiger charge is -2.26. The number of nitrogens with zero attached hydrogens (tertiary/aromatic N) is 2. The highest BCUT2D eigenvalue weighted by atomic mass is 32.1. The monoisotopic (exact) mass is 554 g/mol. The van der Waals surface area contributed by atoms with Crippen LogP contribution in [-0.2, 0) is 16.1 Å². The van der Waals surface area contributed by atoms with Crippen molar-refractivity contribution >= 4 is 23.4 Å². The normalized spacial score (nSPS) is 14.9. The molecule has 0 radical (unpaired) electrons. The molecule has 1 atom stereocenters. The number of aromatic nitrogens is 1. The van der Waals surface area contributed by atoms with Gasteiger partial charge < -0.3 is 14.2 Å². The van der Waals surface area contributed by atoms with E-state index in [0.29, 0.717) is 50.9 Å². The minimum Gasteiger partial charge on any atom is -0.494 e. The number of benzene rings is 3. The Bertz CT molecular complexity index is 1740. The molecule has 2 heterocycles. The Morgan fingerprint density at radius 3 is 2.38 bits per heavy atom. The fourth-order valence-electron chi connectivity index (χ4n) is 4.69. The van der Waals surface area contributed by atoms with Crippen molar-refractivity contribution in [2.75, 3.05) is 13.2 Å². The Balaban J connectivity index is 1.64. The number of fused-ring (bicyclic) bond motifs is 1. The number of ether oxygens (including phenoxy) is 3. The first kappa shape index (κ1) is 27.1. The van der Waals surface area contributed by atoms with Gasteiger partial charge in [0.25, 0.3) is 5.56 Å². The van der Waals surface area contributed by atoms with Crippen LogP contribution >= 0.6 is 11.3 Å². The molecule has 0 bridgehead atoms. The molecule has 0 N–H and O–H groups in total. The number of hydrogen-bond donors (Lipinski definition) is 0. The Morgan fingerprint density at radius 2 is 1.62 bits per heavy atom. The molecule has 8 heteroatoms. The molecule has 5 rings (SSSR count). The van der Waals surface area contributed by atoms with Crippen molar-refractivity contribution in [2.45, 2.75) is 33.4 Å². The standard InChI is InChI=1S/C32H30N2O5S/c1-4-37-26-18-12-10-16-24(26)29-28(31(36)38-5-2)21(3)33-32-34(29)30(35)27(40-32)19-23-15-9-11-17-25(23)39-20-22-13-7-6-8-14-22/h6-19,29H,4-5,20H2,1-3H3/b27-19-/t29-/m1/s1. The van der Waals surface area contributed by atoms with Crippen LogP contribution in [0.4, 0.5) is 0 Å². The molecular weight excluding hydrogens is 524 g/mol. The predicted octanol–water partition coefficient (Wildman–Crippen LogP) is 4.78. The van der Waals surface area contributed by atoms with E-state index < -0.39 is 12.0 Å². The number of esters is 1. The average molecular weight is 555 g/mol. The maximum atomic E-state index is 14.0. The third-order valence-electron chi connectivity index (χ3n) is 6.47. The zero-order valence-corrected chi connectivity index (χ0v) is 23.4. The van der Waals surface area contributed by atoms with Gasteiger partial charge in [-0.15, -0.1) is 0 Å². The molecule has 40 heavy (non-hydrogen) atoms. The fourth-order valence-corrected chi connectivity index (χ4v) is 5.72. The van der Waals surface area contributed by atoms with Gasteiger partial charge in [-0.25, -0.2) is 9.79 Å². The van der Waals surface area contributed by atoms with Crippen molar-refractivity contribution in [1.82, 2.24) is 4.57 Å². The van der Waals surface area contributed by atoms with Crippen LogP contribution in [0.3, 0.4) is 0 Å². The lowest BCUT2D eigenvalue weighted by Crippen LogP contribution is -2.40. The van der Waals surface area contributed by atoms with Gasteiger partial charge in [0.05, 0.1) is 29.0 Å². The van der Waals surface area contributed by atoms with Crippen LogP contribution in [0.25, 0.3) is 6.08 Å². The SMILES string of the molecule is CCOC(=O)C1=C(C)N=c2s/c(=C\c3ccccc3OCc3ccccc3)c(=O)n2[C@@H]1c1ccccc1OCC. The minimum absolute atomic E-state index is 0.208. The minimum atomic E-state index is -0.746. The highest BCUT2D eigenvalue weighted by Crippen LogP contribution is 2.35. The van der Waals surface area contributed by atoms with Crippen molar-refractivity contribution in [1.29, 1.82) is 0 Å². The Morgan fingerprint density at radius 1 is 0.925 bits per heavy atom. The van der Waals surface area contributed by atoms with Crippen LogP contribution < -0.4 is 24.4 Å². The lowest BCUT2D eigenvalue weighted by atomic mass is 9.95. The van der Waals surface area contributed by atoms with E-state index in [0.717, 1.165) is 11.1 Å². The topological polar surface area (TPSA) is 79.1 Å². The zero-order chi connectivity index (χ0) is 28.1. The molecule has 1 aromatic heterocycles. The summed E-state index contributed by atoms with van der Waals surface area (Å²) in [5.74, 6) is 0.758. The van der Waals surface area contributed by atoms with Crippen LogP contribution in [0.5, 0.6) is 11.5 Å². The second kappa shape index (κ2) is 12.2. The summed E-state index contributed by atoms with van der Waals surface area (Å²) >= 11 is 1.27. The zero-order valence-electron chi connectivity index (χ0n) is 22.6. The maximum Gasteiger partial charge on any atom is 0.338 e. The molecule has 1 aliphatic heterocycles. The molecule has 0 aliphatic carbocycles. The Kier molecular flexibility index (Phi) is 8.26. The van der Waals surface area contributed by atoms with E-state index in [-0.39, 0.29) is 12.2 Å². The number of hydrogen-bond acceptors (Lipinski definition) is 7. The summed E-state index contributed by atoms with van der Waals surface area (Å²) in [6, 6.07) is 24.2. The van der Waals surface area contributed by atoms with Gasteiger partial charge in [0.2, 0.25) is 0 Å². The molecule has 204 valence electrons. The van der Waals surface area contributed by atoms with Crippen LogP contribution in [0.2, 0.25) is 0 Å². The van der Waals surface area contributed by atoms with Gasteiger partial charge in [-0.3, -0.25) is 9.36 Å². The van der Waals surface area contributed by atoms with Gasteiger partial charge in [0.1, 0.15) is 24.1 Å². The van der Waals surface area contributed by atoms with E-state index in [1.54, 1.807) is 18.4 Å². The second-order valence-corrected chi connectivity index (χ2v) is 10.1. The summed E-state index contributed by atoms with van der Waals surface area (Å²) in [4.78, 5) is 32.4. The molecule has 0 amide bonds. The van der Waals surface area contributed by atoms with E-state index >= 15 is 0 Å². The molecule has 4 aromatic rings. The first-order valence-corrected chi connectivity index (χ1v) is 14.0. The average Bonchev–Trinajstić information content (AvgIpc) is 3.27. The van der Waals surface area contributed by atoms with Crippen molar-refractivity contribution in [3.63, 3.8) is 0 Å². The smallest absolute Gasteiger partial charge is 0.338 e. The molecule has 0 saturated heterocycles. The third-order valence-corrected chi connectivity index (χ3v) is 7.46. The molecule has 0 unspecified atom stereocenters. The summed E-state index contributed by atoms with van der Waals surface area (Å²) < 4.78 is 19.5. The molecular formula is C32H30N2O5S. The van der Waals surface area contributed by atoms with Gasteiger partial charge >= 0.3 is 5.97 Å². The number of allylic oxidation sites excluding steroid dienone is 1. The van der Waals surface area contributed by atoms with Crippen molar-refractivity contribution in [3.8, 4) is 11.5 Å². The van der Waals surface area contributed by atoms with Gasteiger partial charge in [0.15, 0.2) is 4.80 Å². The molecule has 0 fully saturated rings. The number of carbonyl (C=O) groups is 1. The maximum absolute atomic E-state index is 14.0. The molecule has 1 aliphatic rings. The Hall–Kier alpha value is -4.43. The van der Waals surface area contributed by atoms with Gasteiger partial charge in [-0.05, 0) is 44.5 Å². The van der Waals surface area contributed by atoms with Crippen LogP contribution in [0, 0.1) is 0 Å². The van der Waals surface area contributed by atoms with E-state index in [9.17, 15) is 9.59 Å². The highest BCUT2D eigenvalue weighted by molar-refractivity contribution is 7.07. The van der Waals surface area contributed by atoms with Crippen molar-refractivity contribution in [2.24, 2.45) is 4.99 Å². The van der Waals surface area contributed by atoms with Crippen LogP contribution in [0.15, 0.2) is 99.9 Å². The predicted molar refractivity (Wildman–Crippen MR) is 155 cm³/mol. The van der Waals surface area contributed by atoms with Crippen LogP contribution in [-0.4, -0.2) is 23.8 Å². The molecule has 3 aromatic carbocycles. The summed E-state index contributed by atoms with van der Waals surface area (Å²) in [6.45, 7) is 6.47. The van der Waals surface area contributed by atoms with Crippen molar-refractivity contribution in [3.05, 3.63) is 127 Å². The largest absolute Gasteiger partial charge is 0.494 e. The van der Waals surface area contributed by atoms with E-state index in [1.807, 2.05) is 91.9 Å². The van der Waals surface area contributed by atoms with Crippen molar-refractivity contribution < 1.29 is 19.0 Å². The fraction of sp³-hybridized carbons (Fsp3) is 0.219. The van der Waals surface area contributed by atoms with E-state index in [4.69, 9.17) is 14.2 Å². The van der Waals surface area contributed by atoms with Gasteiger partial charge in [-0.1, -0.05) is 78.1 Å². The summed E-state index contributed by atoms with van der Waals surface area (Å²) in [7, 11) is 0. The third kappa shape index (κ3) is 5.49. The van der Waals surface area contributed by atoms with Gasteiger partial charge in [0, 0.05) is 11.1 Å². The Labute approximate surface area is 236 Å². The number of rotatable bonds is 9. The summed E-state index contributed by atoms with van der Waals surface area (Å²) in [5, 5.41) is 0. The van der Waals surface area contributed by atoms with Gasteiger partial charge in [-0.2, -0.15) is 0 Å². The second-order valence-electron chi connectivity index (χ2n) is 9.09. The lowest BCUT2D eigenvalue weighted by molar-refractivity contribution is -0.139. The summed E-state index contributed by atoms with van der Waals surface area (Å²) in [6.07, 6.45) is 1.82. The first-order chi connectivity index (χ1) is 19.5. The number of carbonyl (C=O) groups excluding carboxylic acids is 1. The summed E-state index contributed by atoms with van der Waals surface area (Å²) in [5.41, 5.74) is 3.09. The highest BCUT2D eigenvalue weighted by Gasteiger charge is 2.35. The van der Waals surface area contributed by atoms with E-state index in [2.05, 4.69) is 4.99 Å². The molecule has 0 saturated carbocycles. The number of thiazole rings is 1. The molecule has 7 nitrogen and oxygen atoms in total. The molecule has 0 spiro atoms. The quantitative estimate of drug-likeness (QED) is 0.279. The van der Waals surface area contributed by atoms with E-state index in [1.165, 1.54) is 11.3 Å². The first-order valence-electron chi connectivity index (χ1n) is 13.2.